The Morgan fingerprint density at radius 2 is 1.53 bits per heavy atom. The summed E-state index contributed by atoms with van der Waals surface area (Å²) in [6.07, 6.45) is 1.91. The molecule has 5 rings (SSSR count). The molecular weight excluding hydrogens is 679 g/mol. The lowest BCUT2D eigenvalue weighted by atomic mass is 10.0. The Bertz CT molecular complexity index is 1600. The predicted molar refractivity (Wildman–Crippen MR) is 186 cm³/mol. The van der Waals surface area contributed by atoms with E-state index in [4.69, 9.17) is 14.2 Å². The Kier molecular flexibility index (Phi) is 10.8. The van der Waals surface area contributed by atoms with Gasteiger partial charge in [-0.3, -0.25) is 9.69 Å². The topological polar surface area (TPSA) is 77.1 Å². The van der Waals surface area contributed by atoms with Gasteiger partial charge in [0.2, 0.25) is 0 Å². The van der Waals surface area contributed by atoms with Crippen LogP contribution in [0.4, 0.5) is 5.69 Å². The number of rotatable bonds is 10. The molecule has 0 atom stereocenters. The van der Waals surface area contributed by atoms with Crippen LogP contribution in [0.25, 0.3) is 11.1 Å². The SMILES string of the molecule is CC(C)(C)OC(=O)c1ccc(-c2ccccc2)cc1NC(=O)c1cc(OC2CCN(CI)CC2)ccc1OCc1ccccc1. The van der Waals surface area contributed by atoms with Crippen molar-refractivity contribution < 1.29 is 23.8 Å². The average Bonchev–Trinajstić information content (AvgIpc) is 3.04. The molecule has 1 fully saturated rings. The van der Waals surface area contributed by atoms with E-state index in [-0.39, 0.29) is 11.7 Å². The molecule has 1 heterocycles. The lowest BCUT2D eigenvalue weighted by Crippen LogP contribution is -2.37. The number of alkyl halides is 1. The van der Waals surface area contributed by atoms with Gasteiger partial charge in [-0.1, -0.05) is 89.3 Å². The number of likely N-dealkylation sites (tertiary alicyclic amines) is 1. The Labute approximate surface area is 279 Å². The lowest BCUT2D eigenvalue weighted by molar-refractivity contribution is 0.00707. The molecular formula is C37H39IN2O5. The van der Waals surface area contributed by atoms with Crippen LogP contribution in [0.15, 0.2) is 97.1 Å². The Morgan fingerprint density at radius 1 is 0.844 bits per heavy atom. The number of anilines is 1. The third-order valence-electron chi connectivity index (χ3n) is 7.43. The fourth-order valence-corrected chi connectivity index (χ4v) is 5.80. The Hall–Kier alpha value is -3.89. The van der Waals surface area contributed by atoms with Gasteiger partial charge in [-0.05, 0) is 80.6 Å². The van der Waals surface area contributed by atoms with Crippen LogP contribution in [0.5, 0.6) is 11.5 Å². The second kappa shape index (κ2) is 14.9. The van der Waals surface area contributed by atoms with E-state index in [0.29, 0.717) is 29.4 Å². The Balaban J connectivity index is 1.46. The molecule has 1 aliphatic rings. The molecule has 234 valence electrons. The number of nitrogens with one attached hydrogen (secondary N) is 1. The average molecular weight is 719 g/mol. The number of piperidine rings is 1. The van der Waals surface area contributed by atoms with E-state index in [9.17, 15) is 9.59 Å². The van der Waals surface area contributed by atoms with Crippen LogP contribution in [0.2, 0.25) is 0 Å². The fraction of sp³-hybridized carbons (Fsp3) is 0.297. The number of ether oxygens (including phenoxy) is 3. The van der Waals surface area contributed by atoms with Gasteiger partial charge in [-0.25, -0.2) is 4.79 Å². The lowest BCUT2D eigenvalue weighted by Gasteiger charge is -2.30. The molecule has 0 aliphatic carbocycles. The summed E-state index contributed by atoms with van der Waals surface area (Å²) in [7, 11) is 0. The summed E-state index contributed by atoms with van der Waals surface area (Å²) in [4.78, 5) is 29.7. The maximum absolute atomic E-state index is 14.1. The summed E-state index contributed by atoms with van der Waals surface area (Å²) < 4.78 is 19.2. The monoisotopic (exact) mass is 718 g/mol. The van der Waals surface area contributed by atoms with Crippen molar-refractivity contribution in [1.29, 1.82) is 0 Å². The summed E-state index contributed by atoms with van der Waals surface area (Å²) in [5.41, 5.74) is 3.02. The molecule has 1 amide bonds. The van der Waals surface area contributed by atoms with Crippen LogP contribution >= 0.6 is 22.6 Å². The second-order valence-electron chi connectivity index (χ2n) is 12.1. The van der Waals surface area contributed by atoms with E-state index in [1.165, 1.54) is 0 Å². The van der Waals surface area contributed by atoms with Crippen molar-refractivity contribution in [2.24, 2.45) is 0 Å². The smallest absolute Gasteiger partial charge is 0.340 e. The minimum Gasteiger partial charge on any atom is -0.490 e. The van der Waals surface area contributed by atoms with E-state index in [1.807, 2.05) is 93.6 Å². The number of benzene rings is 4. The zero-order valence-electron chi connectivity index (χ0n) is 25.9. The third kappa shape index (κ3) is 9.08. The normalized spacial score (nSPS) is 14.0. The van der Waals surface area contributed by atoms with Crippen molar-refractivity contribution in [2.75, 3.05) is 23.0 Å². The number of nitrogens with zero attached hydrogens (tertiary/aromatic N) is 1. The number of hydrogen-bond acceptors (Lipinski definition) is 6. The summed E-state index contributed by atoms with van der Waals surface area (Å²) >= 11 is 2.39. The quantitative estimate of drug-likeness (QED) is 0.0769. The summed E-state index contributed by atoms with van der Waals surface area (Å²) in [5.74, 6) is 0.0816. The summed E-state index contributed by atoms with van der Waals surface area (Å²) in [6.45, 7) is 7.69. The first-order valence-corrected chi connectivity index (χ1v) is 16.7. The van der Waals surface area contributed by atoms with Gasteiger partial charge in [0.25, 0.3) is 5.91 Å². The molecule has 0 unspecified atom stereocenters. The van der Waals surface area contributed by atoms with Crippen molar-refractivity contribution in [3.05, 3.63) is 114 Å². The van der Waals surface area contributed by atoms with Crippen molar-refractivity contribution in [1.82, 2.24) is 4.90 Å². The number of amides is 1. The largest absolute Gasteiger partial charge is 0.490 e. The highest BCUT2D eigenvalue weighted by Gasteiger charge is 2.25. The zero-order chi connectivity index (χ0) is 31.8. The van der Waals surface area contributed by atoms with E-state index in [1.54, 1.807) is 24.3 Å². The highest BCUT2D eigenvalue weighted by atomic mass is 127. The van der Waals surface area contributed by atoms with Crippen molar-refractivity contribution in [2.45, 2.75) is 51.9 Å². The highest BCUT2D eigenvalue weighted by molar-refractivity contribution is 14.1. The Morgan fingerprint density at radius 3 is 2.20 bits per heavy atom. The van der Waals surface area contributed by atoms with Crippen molar-refractivity contribution >= 4 is 40.2 Å². The second-order valence-corrected chi connectivity index (χ2v) is 12.8. The van der Waals surface area contributed by atoms with Gasteiger partial charge in [0.15, 0.2) is 0 Å². The molecule has 0 spiro atoms. The first kappa shape index (κ1) is 32.5. The van der Waals surface area contributed by atoms with Crippen molar-refractivity contribution in [3.8, 4) is 22.6 Å². The third-order valence-corrected chi connectivity index (χ3v) is 8.40. The van der Waals surface area contributed by atoms with E-state index in [0.717, 1.165) is 47.2 Å². The van der Waals surface area contributed by atoms with Gasteiger partial charge >= 0.3 is 5.97 Å². The maximum Gasteiger partial charge on any atom is 0.340 e. The van der Waals surface area contributed by atoms with Gasteiger partial charge in [0.05, 0.1) is 21.4 Å². The van der Waals surface area contributed by atoms with Crippen LogP contribution in [0, 0.1) is 0 Å². The zero-order valence-corrected chi connectivity index (χ0v) is 28.1. The van der Waals surface area contributed by atoms with E-state index < -0.39 is 17.5 Å². The summed E-state index contributed by atoms with van der Waals surface area (Å²) in [6, 6.07) is 30.3. The fourth-order valence-electron chi connectivity index (χ4n) is 5.12. The molecule has 1 N–H and O–H groups in total. The number of carbonyl (C=O) groups excluding carboxylic acids is 2. The minimum absolute atomic E-state index is 0.0672. The number of esters is 1. The number of hydrogen-bond donors (Lipinski definition) is 1. The first-order valence-electron chi connectivity index (χ1n) is 15.2. The van der Waals surface area contributed by atoms with Gasteiger partial charge < -0.3 is 19.5 Å². The molecule has 1 aliphatic heterocycles. The van der Waals surface area contributed by atoms with Crippen LogP contribution in [-0.4, -0.2) is 46.1 Å². The summed E-state index contributed by atoms with van der Waals surface area (Å²) in [5, 5.41) is 3.00. The van der Waals surface area contributed by atoms with Gasteiger partial charge in [0, 0.05) is 13.1 Å². The number of halogens is 1. The van der Waals surface area contributed by atoms with E-state index in [2.05, 4.69) is 32.8 Å². The van der Waals surface area contributed by atoms with Crippen molar-refractivity contribution in [3.63, 3.8) is 0 Å². The molecule has 0 bridgehead atoms. The molecule has 45 heavy (non-hydrogen) atoms. The molecule has 4 aromatic carbocycles. The van der Waals surface area contributed by atoms with Crippen LogP contribution in [-0.2, 0) is 11.3 Å². The minimum atomic E-state index is -0.701. The van der Waals surface area contributed by atoms with E-state index >= 15 is 0 Å². The molecule has 7 nitrogen and oxygen atoms in total. The molecule has 0 radical (unpaired) electrons. The van der Waals surface area contributed by atoms with Gasteiger partial charge in [0.1, 0.15) is 29.8 Å². The van der Waals surface area contributed by atoms with Gasteiger partial charge in [-0.2, -0.15) is 0 Å². The first-order chi connectivity index (χ1) is 21.7. The van der Waals surface area contributed by atoms with Crippen LogP contribution in [0.3, 0.4) is 0 Å². The van der Waals surface area contributed by atoms with Crippen LogP contribution in [0.1, 0.15) is 59.9 Å². The predicted octanol–water partition coefficient (Wildman–Crippen LogP) is 8.38. The van der Waals surface area contributed by atoms with Gasteiger partial charge in [-0.15, -0.1) is 0 Å². The number of carbonyl (C=O) groups is 2. The molecule has 4 aromatic rings. The molecule has 0 aromatic heterocycles. The highest BCUT2D eigenvalue weighted by Crippen LogP contribution is 2.31. The molecule has 8 heteroatoms. The van der Waals surface area contributed by atoms with Crippen LogP contribution < -0.4 is 14.8 Å². The maximum atomic E-state index is 14.1. The molecule has 1 saturated heterocycles. The standard InChI is InChI=1S/C37H39IN2O5/c1-37(2,3)45-36(42)31-16-14-28(27-12-8-5-9-13-27)22-33(31)39-35(41)32-23-30(44-29-18-20-40(25-38)21-19-29)15-17-34(32)43-24-26-10-6-4-7-11-26/h4-17,22-23,29H,18-21,24-25H2,1-3H3,(H,39,41). The molecule has 0 saturated carbocycles.